The van der Waals surface area contributed by atoms with Crippen LogP contribution in [0.15, 0.2) is 66.2 Å². The molecule has 0 radical (unpaired) electrons. The number of hydrogen-bond acceptors (Lipinski definition) is 5. The number of benzene rings is 3. The lowest BCUT2D eigenvalue weighted by atomic mass is 9.72. The van der Waals surface area contributed by atoms with Crippen LogP contribution in [-0.4, -0.2) is 55.2 Å². The van der Waals surface area contributed by atoms with Gasteiger partial charge in [0.2, 0.25) is 0 Å². The SMILES string of the molecule is CC1(C)CCC(CN2CCN(c3ccc(C(=O)O)c(Oc4ccc5c(c4)CCCN5)c3)CC2)=C(c2ccc(Cl)cc2)C1. The van der Waals surface area contributed by atoms with E-state index >= 15 is 0 Å². The summed E-state index contributed by atoms with van der Waals surface area (Å²) in [6.07, 6.45) is 5.49. The Morgan fingerprint density at radius 2 is 1.79 bits per heavy atom. The first-order chi connectivity index (χ1) is 20.2. The molecule has 2 heterocycles. The number of carbonyl (C=O) groups is 1. The van der Waals surface area contributed by atoms with Gasteiger partial charge in [0.1, 0.15) is 17.1 Å². The molecule has 0 saturated carbocycles. The van der Waals surface area contributed by atoms with Crippen LogP contribution >= 0.6 is 11.6 Å². The van der Waals surface area contributed by atoms with Crippen molar-refractivity contribution in [2.45, 2.75) is 46.0 Å². The van der Waals surface area contributed by atoms with E-state index in [4.69, 9.17) is 16.3 Å². The lowest BCUT2D eigenvalue weighted by Gasteiger charge is -2.39. The number of rotatable bonds is 7. The average Bonchev–Trinajstić information content (AvgIpc) is 2.98. The minimum Gasteiger partial charge on any atom is -0.478 e. The third kappa shape index (κ3) is 6.45. The minimum atomic E-state index is -0.985. The molecule has 1 saturated heterocycles. The van der Waals surface area contributed by atoms with Gasteiger partial charge >= 0.3 is 5.97 Å². The second-order valence-electron chi connectivity index (χ2n) is 12.6. The van der Waals surface area contributed by atoms with Crippen molar-refractivity contribution >= 4 is 34.5 Å². The maximum absolute atomic E-state index is 12.0. The predicted molar refractivity (Wildman–Crippen MR) is 171 cm³/mol. The van der Waals surface area contributed by atoms with E-state index in [2.05, 4.69) is 41.1 Å². The number of ether oxygens (including phenoxy) is 1. The highest BCUT2D eigenvalue weighted by Crippen LogP contribution is 2.43. The van der Waals surface area contributed by atoms with Gasteiger partial charge in [0, 0.05) is 61.7 Å². The standard InChI is InChI=1S/C35H40ClN3O3/c1-35(2)14-13-26(31(22-35)24-5-7-27(36)8-6-24)23-38-16-18-39(19-17-38)28-9-11-30(34(40)41)33(21-28)42-29-10-12-32-25(20-29)4-3-15-37-32/h5-12,20-21,37H,3-4,13-19,22-23H2,1-2H3,(H,40,41). The molecule has 220 valence electrons. The molecule has 3 aliphatic rings. The van der Waals surface area contributed by atoms with Crippen molar-refractivity contribution in [1.29, 1.82) is 0 Å². The van der Waals surface area contributed by atoms with Crippen molar-refractivity contribution in [3.05, 3.63) is 87.9 Å². The molecule has 0 spiro atoms. The third-order valence-corrected chi connectivity index (χ3v) is 9.22. The van der Waals surface area contributed by atoms with Gasteiger partial charge in [0.05, 0.1) is 0 Å². The number of aryl methyl sites for hydroxylation is 1. The number of carboxylic acid groups (broad SMARTS) is 1. The molecule has 0 unspecified atom stereocenters. The zero-order chi connectivity index (χ0) is 29.3. The number of halogens is 1. The predicted octanol–water partition coefficient (Wildman–Crippen LogP) is 7.97. The second-order valence-corrected chi connectivity index (χ2v) is 13.1. The number of piperazine rings is 1. The van der Waals surface area contributed by atoms with Gasteiger partial charge in [-0.3, -0.25) is 4.90 Å². The number of nitrogens with one attached hydrogen (secondary N) is 1. The van der Waals surface area contributed by atoms with E-state index in [0.29, 0.717) is 16.9 Å². The fourth-order valence-electron chi connectivity index (χ4n) is 6.51. The zero-order valence-electron chi connectivity index (χ0n) is 24.6. The Kier molecular flexibility index (Phi) is 8.19. The summed E-state index contributed by atoms with van der Waals surface area (Å²) in [5.74, 6) is 0.0671. The number of aromatic carboxylic acids is 1. The molecular weight excluding hydrogens is 546 g/mol. The molecular formula is C35H40ClN3O3. The largest absolute Gasteiger partial charge is 0.478 e. The Morgan fingerprint density at radius 1 is 1.00 bits per heavy atom. The van der Waals surface area contributed by atoms with Gasteiger partial charge in [-0.25, -0.2) is 4.79 Å². The lowest BCUT2D eigenvalue weighted by Crippen LogP contribution is -2.47. The zero-order valence-corrected chi connectivity index (χ0v) is 25.3. The molecule has 0 aromatic heterocycles. The highest BCUT2D eigenvalue weighted by atomic mass is 35.5. The van der Waals surface area contributed by atoms with Crippen molar-refractivity contribution in [2.24, 2.45) is 5.41 Å². The smallest absolute Gasteiger partial charge is 0.339 e. The van der Waals surface area contributed by atoms with E-state index in [1.807, 2.05) is 42.5 Å². The number of allylic oxidation sites excluding steroid dienone is 1. The van der Waals surface area contributed by atoms with E-state index in [1.54, 1.807) is 11.6 Å². The lowest BCUT2D eigenvalue weighted by molar-refractivity contribution is 0.0694. The van der Waals surface area contributed by atoms with Crippen molar-refractivity contribution < 1.29 is 14.6 Å². The van der Waals surface area contributed by atoms with Gasteiger partial charge < -0.3 is 20.1 Å². The molecule has 3 aromatic rings. The Hall–Kier alpha value is -3.48. The first-order valence-corrected chi connectivity index (χ1v) is 15.5. The summed E-state index contributed by atoms with van der Waals surface area (Å²) in [4.78, 5) is 16.9. The summed E-state index contributed by atoms with van der Waals surface area (Å²) in [7, 11) is 0. The van der Waals surface area contributed by atoms with Gasteiger partial charge in [-0.2, -0.15) is 0 Å². The monoisotopic (exact) mass is 585 g/mol. The molecule has 7 heteroatoms. The number of nitrogens with zero attached hydrogens (tertiary/aromatic N) is 2. The quantitative estimate of drug-likeness (QED) is 0.293. The van der Waals surface area contributed by atoms with Crippen molar-refractivity contribution in [3.63, 3.8) is 0 Å². The molecule has 1 aliphatic carbocycles. The normalized spacial score (nSPS) is 18.8. The van der Waals surface area contributed by atoms with Crippen molar-refractivity contribution in [2.75, 3.05) is 49.5 Å². The molecule has 0 atom stereocenters. The Morgan fingerprint density at radius 3 is 2.55 bits per heavy atom. The fraction of sp³-hybridized carbons (Fsp3) is 0.400. The average molecular weight is 586 g/mol. The first kappa shape index (κ1) is 28.6. The highest BCUT2D eigenvalue weighted by Gasteiger charge is 2.29. The summed E-state index contributed by atoms with van der Waals surface area (Å²) < 4.78 is 6.21. The van der Waals surface area contributed by atoms with Crippen LogP contribution in [0.4, 0.5) is 11.4 Å². The Labute approximate surface area is 253 Å². The van der Waals surface area contributed by atoms with Crippen LogP contribution in [0, 0.1) is 5.41 Å². The van der Waals surface area contributed by atoms with Crippen molar-refractivity contribution in [1.82, 2.24) is 4.90 Å². The summed E-state index contributed by atoms with van der Waals surface area (Å²) in [6, 6.07) is 19.8. The maximum atomic E-state index is 12.0. The summed E-state index contributed by atoms with van der Waals surface area (Å²) in [6.45, 7) is 10.4. The number of carboxylic acids is 1. The molecule has 6 rings (SSSR count). The van der Waals surface area contributed by atoms with Gasteiger partial charge in [-0.1, -0.05) is 43.2 Å². The fourth-order valence-corrected chi connectivity index (χ4v) is 6.63. The van der Waals surface area contributed by atoms with E-state index < -0.39 is 5.97 Å². The molecule has 6 nitrogen and oxygen atoms in total. The summed E-state index contributed by atoms with van der Waals surface area (Å²) in [5.41, 5.74) is 8.13. The number of fused-ring (bicyclic) bond motifs is 1. The number of anilines is 2. The minimum absolute atomic E-state index is 0.176. The second kappa shape index (κ2) is 12.0. The van der Waals surface area contributed by atoms with Crippen molar-refractivity contribution in [3.8, 4) is 11.5 Å². The van der Waals surface area contributed by atoms with E-state index in [-0.39, 0.29) is 5.56 Å². The van der Waals surface area contributed by atoms with Crippen LogP contribution in [0.5, 0.6) is 11.5 Å². The van der Waals surface area contributed by atoms with Crippen LogP contribution in [0.25, 0.3) is 5.57 Å². The summed E-state index contributed by atoms with van der Waals surface area (Å²) in [5, 5.41) is 14.0. The highest BCUT2D eigenvalue weighted by molar-refractivity contribution is 6.30. The third-order valence-electron chi connectivity index (χ3n) is 8.97. The van der Waals surface area contributed by atoms with Gasteiger partial charge in [-0.15, -0.1) is 0 Å². The van der Waals surface area contributed by atoms with E-state index in [9.17, 15) is 9.90 Å². The van der Waals surface area contributed by atoms with Crippen LogP contribution in [0.3, 0.4) is 0 Å². The molecule has 2 N–H and O–H groups in total. The molecule has 0 bridgehead atoms. The molecule has 1 fully saturated rings. The molecule has 0 amide bonds. The maximum Gasteiger partial charge on any atom is 0.339 e. The molecule has 3 aromatic carbocycles. The topological polar surface area (TPSA) is 65.0 Å². The summed E-state index contributed by atoms with van der Waals surface area (Å²) >= 11 is 6.19. The van der Waals surface area contributed by atoms with E-state index in [1.165, 1.54) is 23.1 Å². The van der Waals surface area contributed by atoms with Crippen LogP contribution < -0.4 is 15.0 Å². The van der Waals surface area contributed by atoms with Crippen LogP contribution in [0.1, 0.15) is 61.0 Å². The Bertz CT molecular complexity index is 1490. The first-order valence-electron chi connectivity index (χ1n) is 15.1. The molecule has 42 heavy (non-hydrogen) atoms. The van der Waals surface area contributed by atoms with Crippen LogP contribution in [-0.2, 0) is 6.42 Å². The Balaban J connectivity index is 1.16. The molecule has 2 aliphatic heterocycles. The van der Waals surface area contributed by atoms with E-state index in [0.717, 1.165) is 81.3 Å². The number of hydrogen-bond donors (Lipinski definition) is 2. The van der Waals surface area contributed by atoms with Gasteiger partial charge in [-0.05, 0) is 96.7 Å². The van der Waals surface area contributed by atoms with Gasteiger partial charge in [0.15, 0.2) is 0 Å². The van der Waals surface area contributed by atoms with Crippen LogP contribution in [0.2, 0.25) is 5.02 Å². The van der Waals surface area contributed by atoms with Gasteiger partial charge in [0.25, 0.3) is 0 Å².